The number of nitro groups is 1. The Kier molecular flexibility index (Phi) is 7.42. The van der Waals surface area contributed by atoms with E-state index < -0.39 is 10.9 Å². The molecular weight excluding hydrogens is 264 g/mol. The third-order valence-electron chi connectivity index (χ3n) is 2.30. The molecule has 0 bridgehead atoms. The van der Waals surface area contributed by atoms with Crippen LogP contribution < -0.4 is 5.73 Å². The predicted octanol–water partition coefficient (Wildman–Crippen LogP) is 2.70. The highest BCUT2D eigenvalue weighted by atomic mass is 16.6. The lowest BCUT2D eigenvalue weighted by Gasteiger charge is -1.95. The van der Waals surface area contributed by atoms with Gasteiger partial charge >= 0.3 is 5.97 Å². The van der Waals surface area contributed by atoms with Crippen molar-refractivity contribution in [2.45, 2.75) is 26.7 Å². The monoisotopic (exact) mass is 282 g/mol. The van der Waals surface area contributed by atoms with Crippen LogP contribution in [0.2, 0.25) is 0 Å². The highest BCUT2D eigenvalue weighted by Gasteiger charge is 2.06. The average Bonchev–Trinajstić information content (AvgIpc) is 2.39. The van der Waals surface area contributed by atoms with E-state index in [1.807, 2.05) is 6.92 Å². The first-order chi connectivity index (χ1) is 9.29. The van der Waals surface area contributed by atoms with E-state index in [1.54, 1.807) is 13.0 Å². The number of aliphatic carboxylic acids is 1. The molecule has 1 rings (SSSR count). The molecular formula is C13H18N2O5. The average molecular weight is 282 g/mol. The Morgan fingerprint density at radius 2 is 2.10 bits per heavy atom. The van der Waals surface area contributed by atoms with Crippen LogP contribution in [0.15, 0.2) is 29.8 Å². The lowest BCUT2D eigenvalue weighted by atomic mass is 10.2. The molecule has 20 heavy (non-hydrogen) atoms. The molecule has 0 fully saturated rings. The quantitative estimate of drug-likeness (QED) is 0.256. The van der Waals surface area contributed by atoms with Crippen LogP contribution >= 0.6 is 0 Å². The van der Waals surface area contributed by atoms with Gasteiger partial charge in [-0.25, -0.2) is 4.79 Å². The van der Waals surface area contributed by atoms with Crippen LogP contribution in [0, 0.1) is 10.1 Å². The Morgan fingerprint density at radius 1 is 1.50 bits per heavy atom. The highest BCUT2D eigenvalue weighted by Crippen LogP contribution is 2.24. The van der Waals surface area contributed by atoms with Crippen molar-refractivity contribution in [2.75, 3.05) is 5.73 Å². The standard InChI is InChI=1S/C7H12O2.C6H6N2O3/c1-3-4-5-6(2)7(8)9;7-5-2-1-4(8(10)11)3-6(5)9/h5H,3-4H2,1-2H3,(H,8,9);1-3,9H,7H2. The largest absolute Gasteiger partial charge is 0.506 e. The summed E-state index contributed by atoms with van der Waals surface area (Å²) >= 11 is 0. The lowest BCUT2D eigenvalue weighted by molar-refractivity contribution is -0.384. The second-order valence-electron chi connectivity index (χ2n) is 3.98. The predicted molar refractivity (Wildman–Crippen MR) is 75.5 cm³/mol. The van der Waals surface area contributed by atoms with Gasteiger partial charge in [-0.05, 0) is 19.4 Å². The van der Waals surface area contributed by atoms with E-state index in [0.717, 1.165) is 18.9 Å². The number of nitrogens with two attached hydrogens (primary N) is 1. The van der Waals surface area contributed by atoms with E-state index in [2.05, 4.69) is 0 Å². The number of nitrogens with zero attached hydrogens (tertiary/aromatic N) is 1. The van der Waals surface area contributed by atoms with Crippen LogP contribution in [0.1, 0.15) is 26.7 Å². The number of hydrogen-bond donors (Lipinski definition) is 3. The van der Waals surface area contributed by atoms with E-state index in [9.17, 15) is 14.9 Å². The molecule has 110 valence electrons. The maximum Gasteiger partial charge on any atom is 0.330 e. The zero-order chi connectivity index (χ0) is 15.7. The highest BCUT2D eigenvalue weighted by molar-refractivity contribution is 5.85. The number of unbranched alkanes of at least 4 members (excludes halogenated alkanes) is 1. The molecule has 0 aromatic heterocycles. The van der Waals surface area contributed by atoms with Gasteiger partial charge in [-0.3, -0.25) is 10.1 Å². The topological polar surface area (TPSA) is 127 Å². The van der Waals surface area contributed by atoms with Crippen LogP contribution in [0.4, 0.5) is 11.4 Å². The summed E-state index contributed by atoms with van der Waals surface area (Å²) < 4.78 is 0. The molecule has 4 N–H and O–H groups in total. The van der Waals surface area contributed by atoms with Gasteiger partial charge in [0, 0.05) is 11.6 Å². The zero-order valence-electron chi connectivity index (χ0n) is 11.4. The molecule has 0 aliphatic rings. The second kappa shape index (κ2) is 8.52. The summed E-state index contributed by atoms with van der Waals surface area (Å²) in [6, 6.07) is 3.53. The fraction of sp³-hybridized carbons (Fsp3) is 0.308. The Morgan fingerprint density at radius 3 is 2.50 bits per heavy atom. The number of carboxylic acids is 1. The Balaban J connectivity index is 0.000000370. The number of nitro benzene ring substituents is 1. The number of benzene rings is 1. The van der Waals surface area contributed by atoms with Crippen molar-refractivity contribution in [3.8, 4) is 5.75 Å². The summed E-state index contributed by atoms with van der Waals surface area (Å²) in [5.41, 5.74) is 5.62. The number of phenolic OH excluding ortho intramolecular Hbond substituents is 1. The minimum atomic E-state index is -0.816. The summed E-state index contributed by atoms with van der Waals surface area (Å²) in [6.07, 6.45) is 3.60. The molecule has 0 amide bonds. The van der Waals surface area contributed by atoms with Crippen molar-refractivity contribution >= 4 is 17.3 Å². The lowest BCUT2D eigenvalue weighted by Crippen LogP contribution is -1.95. The van der Waals surface area contributed by atoms with Gasteiger partial charge in [0.2, 0.25) is 0 Å². The third kappa shape index (κ3) is 6.39. The minimum absolute atomic E-state index is 0.135. The number of carbonyl (C=O) groups is 1. The van der Waals surface area contributed by atoms with Crippen molar-refractivity contribution < 1.29 is 19.9 Å². The third-order valence-corrected chi connectivity index (χ3v) is 2.30. The number of rotatable bonds is 4. The molecule has 1 aromatic carbocycles. The number of nitrogen functional groups attached to an aromatic ring is 1. The first kappa shape index (κ1) is 17.4. The van der Waals surface area contributed by atoms with E-state index in [1.165, 1.54) is 12.1 Å². The number of allylic oxidation sites excluding steroid dienone is 1. The molecule has 0 saturated carbocycles. The number of carboxylic acid groups (broad SMARTS) is 1. The first-order valence-corrected chi connectivity index (χ1v) is 5.92. The Hall–Kier alpha value is -2.57. The van der Waals surface area contributed by atoms with Crippen LogP contribution in [0.3, 0.4) is 0 Å². The minimum Gasteiger partial charge on any atom is -0.506 e. The first-order valence-electron chi connectivity index (χ1n) is 5.92. The van der Waals surface area contributed by atoms with Crippen LogP contribution in [0.5, 0.6) is 5.75 Å². The molecule has 0 aliphatic carbocycles. The van der Waals surface area contributed by atoms with Crippen molar-refractivity contribution in [3.05, 3.63) is 40.0 Å². The molecule has 0 spiro atoms. The van der Waals surface area contributed by atoms with Crippen LogP contribution in [-0.2, 0) is 4.79 Å². The fourth-order valence-electron chi connectivity index (χ4n) is 1.09. The molecule has 7 heteroatoms. The summed E-state index contributed by atoms with van der Waals surface area (Å²) in [5.74, 6) is -1.08. The number of phenols is 1. The molecule has 1 aromatic rings. The van der Waals surface area contributed by atoms with Crippen molar-refractivity contribution in [2.24, 2.45) is 0 Å². The summed E-state index contributed by atoms with van der Waals surface area (Å²) in [4.78, 5) is 19.7. The number of anilines is 1. The molecule has 0 heterocycles. The van der Waals surface area contributed by atoms with Crippen molar-refractivity contribution in [1.82, 2.24) is 0 Å². The van der Waals surface area contributed by atoms with E-state index in [-0.39, 0.29) is 17.1 Å². The molecule has 0 saturated heterocycles. The Bertz CT molecular complexity index is 511. The maximum absolute atomic E-state index is 10.1. The summed E-state index contributed by atoms with van der Waals surface area (Å²) in [6.45, 7) is 3.63. The van der Waals surface area contributed by atoms with Gasteiger partial charge in [0.15, 0.2) is 0 Å². The van der Waals surface area contributed by atoms with E-state index in [4.69, 9.17) is 15.9 Å². The van der Waals surface area contributed by atoms with Gasteiger partial charge in [-0.15, -0.1) is 0 Å². The number of non-ortho nitro benzene ring substituents is 1. The number of hydrogen-bond acceptors (Lipinski definition) is 5. The van der Waals surface area contributed by atoms with Gasteiger partial charge in [-0.2, -0.15) is 0 Å². The molecule has 0 unspecified atom stereocenters. The number of aromatic hydroxyl groups is 1. The SMILES string of the molecule is CCCC=C(C)C(=O)O.Nc1ccc([N+](=O)[O-])cc1O. The van der Waals surface area contributed by atoms with Gasteiger partial charge in [-0.1, -0.05) is 19.4 Å². The summed E-state index contributed by atoms with van der Waals surface area (Å²) in [7, 11) is 0. The molecule has 0 atom stereocenters. The van der Waals surface area contributed by atoms with Crippen LogP contribution in [0.25, 0.3) is 0 Å². The second-order valence-corrected chi connectivity index (χ2v) is 3.98. The van der Waals surface area contributed by atoms with Gasteiger partial charge in [0.05, 0.1) is 16.7 Å². The van der Waals surface area contributed by atoms with Gasteiger partial charge in [0.25, 0.3) is 5.69 Å². The fourth-order valence-corrected chi connectivity index (χ4v) is 1.09. The molecule has 0 aliphatic heterocycles. The molecule has 7 nitrogen and oxygen atoms in total. The molecule has 0 radical (unpaired) electrons. The maximum atomic E-state index is 10.1. The van der Waals surface area contributed by atoms with Crippen LogP contribution in [-0.4, -0.2) is 21.1 Å². The van der Waals surface area contributed by atoms with Gasteiger partial charge in [0.1, 0.15) is 5.75 Å². The normalized spacial score (nSPS) is 10.4. The smallest absolute Gasteiger partial charge is 0.330 e. The van der Waals surface area contributed by atoms with Gasteiger partial charge < -0.3 is 15.9 Å². The van der Waals surface area contributed by atoms with E-state index >= 15 is 0 Å². The Labute approximate surface area is 116 Å². The van der Waals surface area contributed by atoms with Crippen molar-refractivity contribution in [3.63, 3.8) is 0 Å². The van der Waals surface area contributed by atoms with E-state index in [0.29, 0.717) is 5.57 Å². The summed E-state index contributed by atoms with van der Waals surface area (Å²) in [5, 5.41) is 27.4. The zero-order valence-corrected chi connectivity index (χ0v) is 11.4. The van der Waals surface area contributed by atoms with Crippen molar-refractivity contribution in [1.29, 1.82) is 0 Å².